The number of hydrogen-bond acceptors (Lipinski definition) is 3. The van der Waals surface area contributed by atoms with Crippen molar-refractivity contribution in [1.29, 1.82) is 0 Å². The van der Waals surface area contributed by atoms with Gasteiger partial charge in [0.05, 0.1) is 20.2 Å². The lowest BCUT2D eigenvalue weighted by molar-refractivity contribution is -0.142. The molecule has 0 bridgehead atoms. The van der Waals surface area contributed by atoms with Gasteiger partial charge in [-0.15, -0.1) is 0 Å². The molecule has 6 heteroatoms. The molecule has 37 heavy (non-hydrogen) atoms. The van der Waals surface area contributed by atoms with E-state index in [0.29, 0.717) is 32.1 Å². The zero-order valence-corrected chi connectivity index (χ0v) is 22.3. The highest BCUT2D eigenvalue weighted by Crippen LogP contribution is 2.31. The van der Waals surface area contributed by atoms with Gasteiger partial charge in [0.15, 0.2) is 0 Å². The van der Waals surface area contributed by atoms with Crippen LogP contribution in [-0.4, -0.2) is 46.4 Å². The number of carbonyl (C=O) groups excluding carboxylic acids is 2. The second kappa shape index (κ2) is 12.6. The van der Waals surface area contributed by atoms with E-state index in [0.717, 1.165) is 41.8 Å². The van der Waals surface area contributed by atoms with E-state index in [1.165, 1.54) is 0 Å². The average molecular weight is 502 g/mol. The fourth-order valence-electron chi connectivity index (χ4n) is 4.48. The summed E-state index contributed by atoms with van der Waals surface area (Å²) in [4.78, 5) is 30.4. The summed E-state index contributed by atoms with van der Waals surface area (Å²) in [6.45, 7) is 6.72. The summed E-state index contributed by atoms with van der Waals surface area (Å²) < 4.78 is 7.56. The SMILES string of the molecule is COc1cccc(Cn2cccc2CN(Cc2ccccc2)C(=O)CN(CCC(C)C)C(=O)C2CC2)c1. The second-order valence-electron chi connectivity index (χ2n) is 10.4. The van der Waals surface area contributed by atoms with Gasteiger partial charge >= 0.3 is 0 Å². The number of amides is 2. The first-order valence-corrected chi connectivity index (χ1v) is 13.3. The Bertz CT molecular complexity index is 1170. The summed E-state index contributed by atoms with van der Waals surface area (Å²) in [5.74, 6) is 1.52. The molecule has 4 rings (SSSR count). The van der Waals surface area contributed by atoms with Crippen LogP contribution < -0.4 is 4.74 Å². The van der Waals surface area contributed by atoms with Crippen molar-refractivity contribution in [2.45, 2.75) is 52.7 Å². The Labute approximate surface area is 220 Å². The van der Waals surface area contributed by atoms with Crippen molar-refractivity contribution < 1.29 is 14.3 Å². The van der Waals surface area contributed by atoms with Gasteiger partial charge in [-0.25, -0.2) is 0 Å². The number of benzene rings is 2. The highest BCUT2D eigenvalue weighted by atomic mass is 16.5. The number of rotatable bonds is 13. The molecule has 2 amide bonds. The van der Waals surface area contributed by atoms with Crippen LogP contribution in [0.25, 0.3) is 0 Å². The highest BCUT2D eigenvalue weighted by molar-refractivity contribution is 5.87. The van der Waals surface area contributed by atoms with Gasteiger partial charge in [-0.05, 0) is 60.6 Å². The molecule has 1 aliphatic carbocycles. The quantitative estimate of drug-likeness (QED) is 0.317. The number of methoxy groups -OCH3 is 1. The van der Waals surface area contributed by atoms with E-state index in [9.17, 15) is 9.59 Å². The molecule has 0 N–H and O–H groups in total. The van der Waals surface area contributed by atoms with Gasteiger partial charge in [0.2, 0.25) is 11.8 Å². The zero-order chi connectivity index (χ0) is 26.2. The van der Waals surface area contributed by atoms with E-state index in [2.05, 4.69) is 30.5 Å². The molecule has 196 valence electrons. The van der Waals surface area contributed by atoms with Crippen molar-refractivity contribution in [2.75, 3.05) is 20.2 Å². The topological polar surface area (TPSA) is 54.8 Å². The number of hydrogen-bond donors (Lipinski definition) is 0. The molecule has 2 aromatic carbocycles. The number of aromatic nitrogens is 1. The maximum atomic E-state index is 13.7. The van der Waals surface area contributed by atoms with Crippen molar-refractivity contribution in [2.24, 2.45) is 11.8 Å². The predicted octanol–water partition coefficient (Wildman–Crippen LogP) is 5.36. The Hall–Kier alpha value is -3.54. The van der Waals surface area contributed by atoms with Gasteiger partial charge in [-0.3, -0.25) is 9.59 Å². The van der Waals surface area contributed by atoms with Crippen LogP contribution in [0.1, 0.15) is 49.9 Å². The maximum absolute atomic E-state index is 13.7. The Morgan fingerprint density at radius 2 is 1.70 bits per heavy atom. The molecule has 0 unspecified atom stereocenters. The van der Waals surface area contributed by atoms with Crippen LogP contribution in [-0.2, 0) is 29.2 Å². The van der Waals surface area contributed by atoms with E-state index in [1.54, 1.807) is 12.0 Å². The van der Waals surface area contributed by atoms with Crippen molar-refractivity contribution >= 4 is 11.8 Å². The minimum absolute atomic E-state index is 0.0178. The van der Waals surface area contributed by atoms with Crippen molar-refractivity contribution in [3.8, 4) is 5.75 Å². The highest BCUT2D eigenvalue weighted by Gasteiger charge is 2.34. The van der Waals surface area contributed by atoms with Crippen LogP contribution in [0, 0.1) is 11.8 Å². The molecule has 1 heterocycles. The normalized spacial score (nSPS) is 13.0. The van der Waals surface area contributed by atoms with Gasteiger partial charge in [0, 0.05) is 37.4 Å². The van der Waals surface area contributed by atoms with E-state index in [4.69, 9.17) is 4.74 Å². The first-order chi connectivity index (χ1) is 17.9. The summed E-state index contributed by atoms with van der Waals surface area (Å²) in [5.41, 5.74) is 3.26. The van der Waals surface area contributed by atoms with Gasteiger partial charge in [0.25, 0.3) is 0 Å². The Morgan fingerprint density at radius 1 is 0.946 bits per heavy atom. The zero-order valence-electron chi connectivity index (χ0n) is 22.3. The standard InChI is InChI=1S/C31H39N3O3/c1-24(2)16-18-33(31(36)27-14-15-27)23-30(35)34(20-25-9-5-4-6-10-25)22-28-12-8-17-32(28)21-26-11-7-13-29(19-26)37-3/h4-13,17,19,24,27H,14-16,18,20-23H2,1-3H3. The summed E-state index contributed by atoms with van der Waals surface area (Å²) in [7, 11) is 1.67. The Balaban J connectivity index is 1.52. The van der Waals surface area contributed by atoms with E-state index in [1.807, 2.05) is 65.7 Å². The van der Waals surface area contributed by atoms with Crippen molar-refractivity contribution in [1.82, 2.24) is 14.4 Å². The molecular formula is C31H39N3O3. The van der Waals surface area contributed by atoms with Crippen LogP contribution in [0.4, 0.5) is 0 Å². The lowest BCUT2D eigenvalue weighted by Crippen LogP contribution is -2.43. The fraction of sp³-hybridized carbons (Fsp3) is 0.419. The molecular weight excluding hydrogens is 462 g/mol. The van der Waals surface area contributed by atoms with E-state index < -0.39 is 0 Å². The number of carbonyl (C=O) groups is 2. The third-order valence-corrected chi connectivity index (χ3v) is 6.87. The minimum Gasteiger partial charge on any atom is -0.497 e. The van der Waals surface area contributed by atoms with E-state index in [-0.39, 0.29) is 24.3 Å². The smallest absolute Gasteiger partial charge is 0.242 e. The summed E-state index contributed by atoms with van der Waals surface area (Å²) in [6.07, 6.45) is 4.83. The molecule has 0 radical (unpaired) electrons. The first kappa shape index (κ1) is 26.5. The van der Waals surface area contributed by atoms with Crippen molar-refractivity contribution in [3.63, 3.8) is 0 Å². The van der Waals surface area contributed by atoms with Gasteiger partial charge in [-0.1, -0.05) is 56.3 Å². The van der Waals surface area contributed by atoms with Gasteiger partial charge < -0.3 is 19.1 Å². The van der Waals surface area contributed by atoms with Crippen molar-refractivity contribution in [3.05, 3.63) is 89.7 Å². The number of ether oxygens (including phenoxy) is 1. The van der Waals surface area contributed by atoms with Crippen LogP contribution in [0.3, 0.4) is 0 Å². The molecule has 0 saturated heterocycles. The molecule has 6 nitrogen and oxygen atoms in total. The second-order valence-corrected chi connectivity index (χ2v) is 10.4. The summed E-state index contributed by atoms with van der Waals surface area (Å²) in [6, 6.07) is 22.2. The first-order valence-electron chi connectivity index (χ1n) is 13.3. The molecule has 0 atom stereocenters. The van der Waals surface area contributed by atoms with Gasteiger partial charge in [0.1, 0.15) is 5.75 Å². The van der Waals surface area contributed by atoms with Crippen LogP contribution in [0.5, 0.6) is 5.75 Å². The largest absolute Gasteiger partial charge is 0.497 e. The molecule has 1 saturated carbocycles. The van der Waals surface area contributed by atoms with Crippen LogP contribution in [0.2, 0.25) is 0 Å². The average Bonchev–Trinajstić information content (AvgIpc) is 3.67. The molecule has 1 aromatic heterocycles. The monoisotopic (exact) mass is 501 g/mol. The predicted molar refractivity (Wildman–Crippen MR) is 146 cm³/mol. The molecule has 1 fully saturated rings. The lowest BCUT2D eigenvalue weighted by Gasteiger charge is -2.29. The third-order valence-electron chi connectivity index (χ3n) is 6.87. The molecule has 1 aliphatic rings. The lowest BCUT2D eigenvalue weighted by atomic mass is 10.1. The molecule has 0 aliphatic heterocycles. The Morgan fingerprint density at radius 3 is 2.41 bits per heavy atom. The summed E-state index contributed by atoms with van der Waals surface area (Å²) >= 11 is 0. The molecule has 0 spiro atoms. The number of nitrogens with zero attached hydrogens (tertiary/aromatic N) is 3. The van der Waals surface area contributed by atoms with Gasteiger partial charge in [-0.2, -0.15) is 0 Å². The third kappa shape index (κ3) is 7.72. The van der Waals surface area contributed by atoms with Crippen LogP contribution in [0.15, 0.2) is 72.9 Å². The Kier molecular flexibility index (Phi) is 9.04. The van der Waals surface area contributed by atoms with Crippen LogP contribution >= 0.6 is 0 Å². The van der Waals surface area contributed by atoms with E-state index >= 15 is 0 Å². The fourth-order valence-corrected chi connectivity index (χ4v) is 4.48. The summed E-state index contributed by atoms with van der Waals surface area (Å²) in [5, 5.41) is 0. The minimum atomic E-state index is -0.0178. The molecule has 3 aromatic rings. The maximum Gasteiger partial charge on any atom is 0.242 e.